The van der Waals surface area contributed by atoms with Crippen LogP contribution in [0.2, 0.25) is 0 Å². The van der Waals surface area contributed by atoms with E-state index in [-0.39, 0.29) is 5.75 Å². The van der Waals surface area contributed by atoms with Gasteiger partial charge in [-0.15, -0.1) is 12.3 Å². The van der Waals surface area contributed by atoms with Gasteiger partial charge in [0.05, 0.1) is 5.75 Å². The molecule has 1 saturated heterocycles. The molecule has 1 fully saturated rings. The number of hydrogen-bond donors (Lipinski definition) is 2. The van der Waals surface area contributed by atoms with Gasteiger partial charge in [-0.05, 0) is 0 Å². The molecule has 0 atom stereocenters. The lowest BCUT2D eigenvalue weighted by Gasteiger charge is -2.26. The maximum atomic E-state index is 11.5. The van der Waals surface area contributed by atoms with Crippen molar-refractivity contribution < 1.29 is 8.42 Å². The molecular formula is C10H19N3O2S. The molecule has 0 spiro atoms. The Hall–Kier alpha value is -0.610. The van der Waals surface area contributed by atoms with Crippen molar-refractivity contribution in [3.63, 3.8) is 0 Å². The van der Waals surface area contributed by atoms with E-state index in [9.17, 15) is 8.42 Å². The zero-order chi connectivity index (χ0) is 11.9. The summed E-state index contributed by atoms with van der Waals surface area (Å²) in [5.41, 5.74) is 0. The minimum atomic E-state index is -3.16. The molecule has 0 aromatic rings. The van der Waals surface area contributed by atoms with Gasteiger partial charge in [0.25, 0.3) is 0 Å². The van der Waals surface area contributed by atoms with E-state index < -0.39 is 10.0 Å². The zero-order valence-electron chi connectivity index (χ0n) is 9.41. The number of nitrogens with zero attached hydrogens (tertiary/aromatic N) is 1. The third kappa shape index (κ3) is 5.47. The summed E-state index contributed by atoms with van der Waals surface area (Å²) >= 11 is 0. The molecule has 0 radical (unpaired) electrons. The molecular weight excluding hydrogens is 226 g/mol. The molecule has 0 bridgehead atoms. The van der Waals surface area contributed by atoms with Gasteiger partial charge < -0.3 is 5.32 Å². The molecule has 0 aromatic heterocycles. The highest BCUT2D eigenvalue weighted by atomic mass is 32.2. The SMILES string of the molecule is C#CCCNS(=O)(=O)CCN1CCNCC1. The average molecular weight is 245 g/mol. The van der Waals surface area contributed by atoms with E-state index in [0.717, 1.165) is 26.2 Å². The summed E-state index contributed by atoms with van der Waals surface area (Å²) in [6.45, 7) is 4.63. The van der Waals surface area contributed by atoms with Crippen molar-refractivity contribution in [2.75, 3.05) is 45.0 Å². The number of piperazine rings is 1. The molecule has 2 N–H and O–H groups in total. The van der Waals surface area contributed by atoms with Gasteiger partial charge in [-0.1, -0.05) is 0 Å². The van der Waals surface area contributed by atoms with Gasteiger partial charge in [0.15, 0.2) is 0 Å². The molecule has 1 aliphatic heterocycles. The maximum absolute atomic E-state index is 11.5. The number of terminal acetylenes is 1. The fraction of sp³-hybridized carbons (Fsp3) is 0.800. The second kappa shape index (κ2) is 6.86. The van der Waals surface area contributed by atoms with E-state index in [0.29, 0.717) is 19.5 Å². The predicted octanol–water partition coefficient (Wildman–Crippen LogP) is -1.17. The summed E-state index contributed by atoms with van der Waals surface area (Å²) in [7, 11) is -3.16. The average Bonchev–Trinajstić information content (AvgIpc) is 2.28. The zero-order valence-corrected chi connectivity index (χ0v) is 10.2. The molecule has 1 rings (SSSR count). The maximum Gasteiger partial charge on any atom is 0.212 e. The monoisotopic (exact) mass is 245 g/mol. The normalized spacial score (nSPS) is 18.2. The van der Waals surface area contributed by atoms with Crippen molar-refractivity contribution in [1.82, 2.24) is 14.9 Å². The van der Waals surface area contributed by atoms with E-state index in [1.54, 1.807) is 0 Å². The first-order valence-corrected chi connectivity index (χ1v) is 7.13. The summed E-state index contributed by atoms with van der Waals surface area (Å²) in [6.07, 6.45) is 5.49. The Bertz CT molecular complexity index is 328. The van der Waals surface area contributed by atoms with Crippen molar-refractivity contribution >= 4 is 10.0 Å². The fourth-order valence-corrected chi connectivity index (χ4v) is 2.59. The van der Waals surface area contributed by atoms with E-state index in [2.05, 4.69) is 20.9 Å². The summed E-state index contributed by atoms with van der Waals surface area (Å²) < 4.78 is 25.5. The highest BCUT2D eigenvalue weighted by Gasteiger charge is 2.14. The molecule has 0 aromatic carbocycles. The van der Waals surface area contributed by atoms with Gasteiger partial charge in [0.1, 0.15) is 0 Å². The first-order chi connectivity index (χ1) is 7.64. The van der Waals surface area contributed by atoms with E-state index in [1.165, 1.54) is 0 Å². The van der Waals surface area contributed by atoms with Crippen LogP contribution in [0.15, 0.2) is 0 Å². The summed E-state index contributed by atoms with van der Waals surface area (Å²) in [4.78, 5) is 2.15. The third-order valence-corrected chi connectivity index (χ3v) is 3.84. The predicted molar refractivity (Wildman–Crippen MR) is 64.5 cm³/mol. The molecule has 5 nitrogen and oxygen atoms in total. The molecule has 1 heterocycles. The molecule has 0 amide bonds. The summed E-state index contributed by atoms with van der Waals surface area (Å²) in [5.74, 6) is 2.55. The highest BCUT2D eigenvalue weighted by Crippen LogP contribution is 1.94. The molecule has 92 valence electrons. The molecule has 16 heavy (non-hydrogen) atoms. The third-order valence-electron chi connectivity index (χ3n) is 2.48. The number of rotatable bonds is 6. The molecule has 0 aliphatic carbocycles. The fourth-order valence-electron chi connectivity index (χ4n) is 1.53. The van der Waals surface area contributed by atoms with Crippen LogP contribution in [0.25, 0.3) is 0 Å². The van der Waals surface area contributed by atoms with Crippen LogP contribution in [0.4, 0.5) is 0 Å². The van der Waals surface area contributed by atoms with Crippen molar-refractivity contribution in [2.45, 2.75) is 6.42 Å². The second-order valence-corrected chi connectivity index (χ2v) is 5.69. The highest BCUT2D eigenvalue weighted by molar-refractivity contribution is 7.89. The van der Waals surface area contributed by atoms with Crippen LogP contribution in [0, 0.1) is 12.3 Å². The molecule has 1 aliphatic rings. The van der Waals surface area contributed by atoms with Crippen molar-refractivity contribution in [1.29, 1.82) is 0 Å². The van der Waals surface area contributed by atoms with Crippen LogP contribution in [-0.2, 0) is 10.0 Å². The minimum Gasteiger partial charge on any atom is -0.314 e. The van der Waals surface area contributed by atoms with E-state index in [1.807, 2.05) is 0 Å². The van der Waals surface area contributed by atoms with Gasteiger partial charge in [0, 0.05) is 45.7 Å². The van der Waals surface area contributed by atoms with Gasteiger partial charge >= 0.3 is 0 Å². The smallest absolute Gasteiger partial charge is 0.212 e. The Morgan fingerprint density at radius 1 is 1.38 bits per heavy atom. The van der Waals surface area contributed by atoms with Crippen LogP contribution in [0.3, 0.4) is 0 Å². The largest absolute Gasteiger partial charge is 0.314 e. The van der Waals surface area contributed by atoms with Crippen molar-refractivity contribution in [2.24, 2.45) is 0 Å². The number of hydrogen-bond acceptors (Lipinski definition) is 4. The van der Waals surface area contributed by atoms with Crippen LogP contribution >= 0.6 is 0 Å². The molecule has 0 saturated carbocycles. The Morgan fingerprint density at radius 3 is 2.69 bits per heavy atom. The van der Waals surface area contributed by atoms with Crippen molar-refractivity contribution in [3.05, 3.63) is 0 Å². The summed E-state index contributed by atoms with van der Waals surface area (Å²) in [6, 6.07) is 0. The first-order valence-electron chi connectivity index (χ1n) is 5.48. The summed E-state index contributed by atoms with van der Waals surface area (Å²) in [5, 5.41) is 3.22. The minimum absolute atomic E-state index is 0.150. The van der Waals surface area contributed by atoms with E-state index >= 15 is 0 Å². The standard InChI is InChI=1S/C10H19N3O2S/c1-2-3-4-12-16(14,15)10-9-13-7-5-11-6-8-13/h1,11-12H,3-10H2. The van der Waals surface area contributed by atoms with Crippen LogP contribution in [-0.4, -0.2) is 58.3 Å². The molecule has 0 unspecified atom stereocenters. The van der Waals surface area contributed by atoms with Gasteiger partial charge in [0.2, 0.25) is 10.0 Å². The Morgan fingerprint density at radius 2 is 2.06 bits per heavy atom. The van der Waals surface area contributed by atoms with E-state index in [4.69, 9.17) is 6.42 Å². The Balaban J connectivity index is 2.21. The quantitative estimate of drug-likeness (QED) is 0.457. The lowest BCUT2D eigenvalue weighted by Crippen LogP contribution is -2.45. The lowest BCUT2D eigenvalue weighted by atomic mass is 10.4. The number of sulfonamides is 1. The van der Waals surface area contributed by atoms with Gasteiger partial charge in [-0.25, -0.2) is 13.1 Å². The topological polar surface area (TPSA) is 61.4 Å². The Labute approximate surface area is 97.6 Å². The van der Waals surface area contributed by atoms with Gasteiger partial charge in [-0.3, -0.25) is 4.90 Å². The van der Waals surface area contributed by atoms with Gasteiger partial charge in [-0.2, -0.15) is 0 Å². The Kier molecular flexibility index (Phi) is 5.77. The molecule has 6 heteroatoms. The first kappa shape index (κ1) is 13.5. The number of nitrogens with one attached hydrogen (secondary N) is 2. The van der Waals surface area contributed by atoms with Crippen LogP contribution in [0.5, 0.6) is 0 Å². The van der Waals surface area contributed by atoms with Crippen molar-refractivity contribution in [3.8, 4) is 12.3 Å². The second-order valence-electron chi connectivity index (χ2n) is 3.76. The van der Waals surface area contributed by atoms with Crippen LogP contribution < -0.4 is 10.0 Å². The lowest BCUT2D eigenvalue weighted by molar-refractivity contribution is 0.253. The van der Waals surface area contributed by atoms with Crippen LogP contribution in [0.1, 0.15) is 6.42 Å².